The van der Waals surface area contributed by atoms with Gasteiger partial charge in [0.2, 0.25) is 0 Å². The monoisotopic (exact) mass is 236 g/mol. The Morgan fingerprint density at radius 2 is 2.06 bits per heavy atom. The highest BCUT2D eigenvalue weighted by atomic mass is 32.1. The summed E-state index contributed by atoms with van der Waals surface area (Å²) < 4.78 is 11.0. The van der Waals surface area contributed by atoms with Gasteiger partial charge in [0.05, 0.1) is 14.2 Å². The predicted octanol–water partition coefficient (Wildman–Crippen LogP) is 3.00. The highest BCUT2D eigenvalue weighted by Gasteiger charge is 2.19. The molecule has 3 nitrogen and oxygen atoms in total. The molecule has 1 heterocycles. The van der Waals surface area contributed by atoms with Crippen molar-refractivity contribution in [1.29, 1.82) is 0 Å². The molecule has 0 saturated carbocycles. The van der Waals surface area contributed by atoms with Gasteiger partial charge >= 0.3 is 5.97 Å². The second kappa shape index (κ2) is 4.14. The third-order valence-electron chi connectivity index (χ3n) is 2.37. The number of thiophene rings is 1. The summed E-state index contributed by atoms with van der Waals surface area (Å²) in [6.07, 6.45) is 0. The number of fused-ring (bicyclic) bond motifs is 1. The molecule has 1 aromatic carbocycles. The zero-order valence-corrected chi connectivity index (χ0v) is 10.2. The van der Waals surface area contributed by atoms with E-state index in [1.54, 1.807) is 7.11 Å². The van der Waals surface area contributed by atoms with E-state index in [4.69, 9.17) is 9.47 Å². The van der Waals surface area contributed by atoms with Gasteiger partial charge in [0.1, 0.15) is 0 Å². The van der Waals surface area contributed by atoms with Crippen LogP contribution in [0.2, 0.25) is 0 Å². The van der Waals surface area contributed by atoms with E-state index in [1.165, 1.54) is 18.4 Å². The topological polar surface area (TPSA) is 35.5 Å². The molecule has 0 saturated heterocycles. The molecule has 2 aromatic rings. The van der Waals surface area contributed by atoms with Crippen molar-refractivity contribution in [2.75, 3.05) is 14.2 Å². The molecule has 0 spiro atoms. The first kappa shape index (κ1) is 11.0. The molecule has 0 unspecified atom stereocenters. The quantitative estimate of drug-likeness (QED) is 0.752. The number of esters is 1. The van der Waals surface area contributed by atoms with E-state index in [0.29, 0.717) is 10.6 Å². The largest absolute Gasteiger partial charge is 0.494 e. The van der Waals surface area contributed by atoms with Crippen molar-refractivity contribution in [1.82, 2.24) is 0 Å². The predicted molar refractivity (Wildman–Crippen MR) is 64.5 cm³/mol. The van der Waals surface area contributed by atoms with Gasteiger partial charge in [-0.15, -0.1) is 11.3 Å². The zero-order chi connectivity index (χ0) is 11.7. The van der Waals surface area contributed by atoms with Crippen molar-refractivity contribution in [2.45, 2.75) is 6.92 Å². The van der Waals surface area contributed by atoms with Gasteiger partial charge in [0.15, 0.2) is 10.6 Å². The second-order valence-electron chi connectivity index (χ2n) is 3.46. The molecule has 0 aliphatic rings. The van der Waals surface area contributed by atoms with Crippen LogP contribution in [0.4, 0.5) is 0 Å². The van der Waals surface area contributed by atoms with Crippen LogP contribution in [0.5, 0.6) is 5.75 Å². The highest BCUT2D eigenvalue weighted by molar-refractivity contribution is 7.21. The normalized spacial score (nSPS) is 10.4. The zero-order valence-electron chi connectivity index (χ0n) is 9.37. The molecule has 4 heteroatoms. The summed E-state index contributed by atoms with van der Waals surface area (Å²) >= 11 is 1.39. The van der Waals surface area contributed by atoms with Crippen LogP contribution >= 0.6 is 11.3 Å². The maximum atomic E-state index is 11.6. The summed E-state index contributed by atoms with van der Waals surface area (Å²) in [5.74, 6) is 0.256. The molecule has 0 radical (unpaired) electrons. The van der Waals surface area contributed by atoms with Gasteiger partial charge in [-0.1, -0.05) is 11.6 Å². The van der Waals surface area contributed by atoms with E-state index in [9.17, 15) is 4.79 Å². The van der Waals surface area contributed by atoms with Crippen LogP contribution in [0.15, 0.2) is 18.2 Å². The number of benzene rings is 1. The Morgan fingerprint density at radius 3 is 2.69 bits per heavy atom. The van der Waals surface area contributed by atoms with Gasteiger partial charge in [0.25, 0.3) is 0 Å². The van der Waals surface area contributed by atoms with Crippen LogP contribution in [0, 0.1) is 6.92 Å². The van der Waals surface area contributed by atoms with Gasteiger partial charge in [-0.2, -0.15) is 0 Å². The number of methoxy groups -OCH3 is 2. The average molecular weight is 236 g/mol. The third kappa shape index (κ3) is 1.65. The van der Waals surface area contributed by atoms with Crippen molar-refractivity contribution >= 4 is 27.4 Å². The first-order chi connectivity index (χ1) is 7.67. The van der Waals surface area contributed by atoms with E-state index in [2.05, 4.69) is 0 Å². The molecular weight excluding hydrogens is 224 g/mol. The Morgan fingerprint density at radius 1 is 1.31 bits per heavy atom. The van der Waals surface area contributed by atoms with E-state index < -0.39 is 0 Å². The maximum absolute atomic E-state index is 11.6. The van der Waals surface area contributed by atoms with Crippen molar-refractivity contribution in [3.8, 4) is 5.75 Å². The smallest absolute Gasteiger partial charge is 0.351 e. The van der Waals surface area contributed by atoms with Gasteiger partial charge in [-0.05, 0) is 19.1 Å². The number of aryl methyl sites for hydroxylation is 1. The Balaban J connectivity index is 2.71. The molecule has 1 aromatic heterocycles. The number of hydrogen-bond donors (Lipinski definition) is 0. The standard InChI is InChI=1S/C12H12O3S/c1-7-4-5-9-8(6-7)10(14-2)11(16-9)12(13)15-3/h4-6H,1-3H3. The molecule has 16 heavy (non-hydrogen) atoms. The van der Waals surface area contributed by atoms with Gasteiger partial charge < -0.3 is 9.47 Å². The lowest BCUT2D eigenvalue weighted by Crippen LogP contribution is -2.00. The lowest BCUT2D eigenvalue weighted by atomic mass is 10.2. The highest BCUT2D eigenvalue weighted by Crippen LogP contribution is 2.38. The SMILES string of the molecule is COC(=O)c1sc2ccc(C)cc2c1OC. The molecular formula is C12H12O3S. The van der Waals surface area contributed by atoms with Crippen LogP contribution < -0.4 is 4.74 Å². The van der Waals surface area contributed by atoms with Crippen LogP contribution in [0.25, 0.3) is 10.1 Å². The first-order valence-electron chi connectivity index (χ1n) is 4.83. The summed E-state index contributed by atoms with van der Waals surface area (Å²) in [5.41, 5.74) is 1.14. The minimum absolute atomic E-state index is 0.351. The van der Waals surface area contributed by atoms with Crippen LogP contribution in [0.1, 0.15) is 15.2 Å². The Hall–Kier alpha value is -1.55. The summed E-state index contributed by atoms with van der Waals surface area (Å²) in [6, 6.07) is 6.01. The van der Waals surface area contributed by atoms with Crippen LogP contribution in [0.3, 0.4) is 0 Å². The van der Waals surface area contributed by atoms with Crippen LogP contribution in [-0.2, 0) is 4.74 Å². The fraction of sp³-hybridized carbons (Fsp3) is 0.250. The lowest BCUT2D eigenvalue weighted by molar-refractivity contribution is 0.0603. The Labute approximate surface area is 97.6 Å². The van der Waals surface area contributed by atoms with Crippen molar-refractivity contribution < 1.29 is 14.3 Å². The molecule has 84 valence electrons. The van der Waals surface area contributed by atoms with Crippen molar-refractivity contribution in [2.24, 2.45) is 0 Å². The van der Waals surface area contributed by atoms with E-state index in [1.807, 2.05) is 25.1 Å². The molecule has 2 rings (SSSR count). The number of carbonyl (C=O) groups is 1. The van der Waals surface area contributed by atoms with Crippen LogP contribution in [-0.4, -0.2) is 20.2 Å². The molecule has 0 N–H and O–H groups in total. The number of hydrogen-bond acceptors (Lipinski definition) is 4. The molecule has 0 aliphatic heterocycles. The third-order valence-corrected chi connectivity index (χ3v) is 3.50. The van der Waals surface area contributed by atoms with E-state index in [-0.39, 0.29) is 5.97 Å². The Kier molecular flexibility index (Phi) is 2.83. The number of rotatable bonds is 2. The van der Waals surface area contributed by atoms with Crippen molar-refractivity contribution in [3.05, 3.63) is 28.6 Å². The lowest BCUT2D eigenvalue weighted by Gasteiger charge is -2.01. The molecule has 0 fully saturated rings. The van der Waals surface area contributed by atoms with E-state index in [0.717, 1.165) is 15.6 Å². The number of ether oxygens (including phenoxy) is 2. The van der Waals surface area contributed by atoms with E-state index >= 15 is 0 Å². The second-order valence-corrected chi connectivity index (χ2v) is 4.51. The Bertz CT molecular complexity index is 542. The fourth-order valence-corrected chi connectivity index (χ4v) is 2.69. The molecule has 0 amide bonds. The molecule has 0 bridgehead atoms. The minimum atomic E-state index is -0.351. The fourth-order valence-electron chi connectivity index (χ4n) is 1.62. The summed E-state index contributed by atoms with van der Waals surface area (Å²) in [4.78, 5) is 12.1. The van der Waals surface area contributed by atoms with Gasteiger partial charge in [-0.25, -0.2) is 4.79 Å². The maximum Gasteiger partial charge on any atom is 0.351 e. The van der Waals surface area contributed by atoms with Crippen molar-refractivity contribution in [3.63, 3.8) is 0 Å². The first-order valence-corrected chi connectivity index (χ1v) is 5.64. The molecule has 0 aliphatic carbocycles. The molecule has 0 atom stereocenters. The minimum Gasteiger partial charge on any atom is -0.494 e. The summed E-state index contributed by atoms with van der Waals surface area (Å²) in [5, 5.41) is 0.966. The summed E-state index contributed by atoms with van der Waals surface area (Å²) in [6.45, 7) is 2.01. The van der Waals surface area contributed by atoms with Gasteiger partial charge in [0, 0.05) is 10.1 Å². The number of carbonyl (C=O) groups excluding carboxylic acids is 1. The summed E-state index contributed by atoms with van der Waals surface area (Å²) in [7, 11) is 2.94. The average Bonchev–Trinajstić information content (AvgIpc) is 2.65. The van der Waals surface area contributed by atoms with Gasteiger partial charge in [-0.3, -0.25) is 0 Å².